The predicted octanol–water partition coefficient (Wildman–Crippen LogP) is 4.23. The minimum atomic E-state index is -0.160. The minimum Gasteiger partial charge on any atom is -0.297 e. The molecule has 0 N–H and O–H groups in total. The van der Waals surface area contributed by atoms with Crippen LogP contribution in [-0.2, 0) is 0 Å². The molecule has 2 aromatic carbocycles. The zero-order valence-electron chi connectivity index (χ0n) is 11.6. The molecule has 2 aliphatic rings. The van der Waals surface area contributed by atoms with Crippen LogP contribution in [0.4, 0.5) is 4.39 Å². The minimum absolute atomic E-state index is 0.160. The molecule has 1 saturated heterocycles. The topological polar surface area (TPSA) is 3.24 Å². The van der Waals surface area contributed by atoms with Crippen molar-refractivity contribution in [3.63, 3.8) is 0 Å². The van der Waals surface area contributed by atoms with E-state index in [9.17, 15) is 4.39 Å². The second kappa shape index (κ2) is 4.42. The number of nitrogens with zero attached hydrogens (tertiary/aromatic N) is 1. The largest absolute Gasteiger partial charge is 0.297 e. The number of hydrogen-bond acceptors (Lipinski definition) is 1. The zero-order valence-corrected chi connectivity index (χ0v) is 11.6. The Morgan fingerprint density at radius 2 is 1.90 bits per heavy atom. The second-order valence-corrected chi connectivity index (χ2v) is 6.07. The van der Waals surface area contributed by atoms with Gasteiger partial charge >= 0.3 is 0 Å². The lowest BCUT2D eigenvalue weighted by Crippen LogP contribution is -2.34. The van der Waals surface area contributed by atoms with Gasteiger partial charge in [-0.05, 0) is 66.4 Å². The first kappa shape index (κ1) is 12.1. The summed E-state index contributed by atoms with van der Waals surface area (Å²) in [5.74, 6) is -0.160. The summed E-state index contributed by atoms with van der Waals surface area (Å²) in [7, 11) is 2.23. The number of rotatable bonds is 1. The summed E-state index contributed by atoms with van der Waals surface area (Å²) in [4.78, 5) is 2.49. The van der Waals surface area contributed by atoms with Crippen LogP contribution >= 0.6 is 0 Å². The second-order valence-electron chi connectivity index (χ2n) is 6.07. The average Bonchev–Trinajstić information content (AvgIpc) is 2.67. The third kappa shape index (κ3) is 1.87. The van der Waals surface area contributed by atoms with Crippen molar-refractivity contribution in [1.82, 2.24) is 4.90 Å². The highest BCUT2D eigenvalue weighted by molar-refractivity contribution is 5.86. The van der Waals surface area contributed by atoms with Crippen molar-refractivity contribution in [2.24, 2.45) is 0 Å². The summed E-state index contributed by atoms with van der Waals surface area (Å²) < 4.78 is 13.4. The SMILES string of the molecule is CN1C2C=C(c3ccc4ccc(F)cc4c3)CC1CC2. The number of hydrogen-bond donors (Lipinski definition) is 0. The molecule has 1 nitrogen and oxygen atoms in total. The summed E-state index contributed by atoms with van der Waals surface area (Å²) in [6.07, 6.45) is 6.09. The Kier molecular flexibility index (Phi) is 2.67. The summed E-state index contributed by atoms with van der Waals surface area (Å²) in [6.45, 7) is 0. The lowest BCUT2D eigenvalue weighted by molar-refractivity contribution is 0.264. The Hall–Kier alpha value is -1.67. The van der Waals surface area contributed by atoms with Gasteiger partial charge in [-0.15, -0.1) is 0 Å². The van der Waals surface area contributed by atoms with Crippen LogP contribution in [0.25, 0.3) is 16.3 Å². The van der Waals surface area contributed by atoms with Crippen LogP contribution in [0.3, 0.4) is 0 Å². The van der Waals surface area contributed by atoms with E-state index in [4.69, 9.17) is 0 Å². The van der Waals surface area contributed by atoms with Gasteiger partial charge in [0.1, 0.15) is 5.82 Å². The molecule has 2 heterocycles. The molecule has 2 aromatic rings. The summed E-state index contributed by atoms with van der Waals surface area (Å²) in [6, 6.07) is 12.7. The molecule has 20 heavy (non-hydrogen) atoms. The smallest absolute Gasteiger partial charge is 0.123 e. The monoisotopic (exact) mass is 267 g/mol. The van der Waals surface area contributed by atoms with Crippen molar-refractivity contribution in [3.8, 4) is 0 Å². The molecular weight excluding hydrogens is 249 g/mol. The van der Waals surface area contributed by atoms with Gasteiger partial charge in [0.25, 0.3) is 0 Å². The quantitative estimate of drug-likeness (QED) is 0.747. The molecule has 0 amide bonds. The van der Waals surface area contributed by atoms with E-state index in [1.807, 2.05) is 6.07 Å². The molecule has 2 unspecified atom stereocenters. The first-order chi connectivity index (χ1) is 9.70. The molecular formula is C18H18FN. The van der Waals surface area contributed by atoms with E-state index in [0.29, 0.717) is 12.1 Å². The number of halogens is 1. The van der Waals surface area contributed by atoms with Crippen LogP contribution in [-0.4, -0.2) is 24.0 Å². The lowest BCUT2D eigenvalue weighted by Gasteiger charge is -2.30. The highest BCUT2D eigenvalue weighted by Gasteiger charge is 2.33. The van der Waals surface area contributed by atoms with Gasteiger partial charge in [-0.3, -0.25) is 4.90 Å². The molecule has 0 radical (unpaired) electrons. The third-order valence-electron chi connectivity index (χ3n) is 4.92. The molecule has 0 saturated carbocycles. The maximum atomic E-state index is 13.4. The lowest BCUT2D eigenvalue weighted by atomic mass is 9.93. The van der Waals surface area contributed by atoms with Gasteiger partial charge in [-0.1, -0.05) is 24.3 Å². The van der Waals surface area contributed by atoms with Crippen molar-refractivity contribution in [1.29, 1.82) is 0 Å². The highest BCUT2D eigenvalue weighted by atomic mass is 19.1. The number of benzene rings is 2. The van der Waals surface area contributed by atoms with Gasteiger partial charge in [0.05, 0.1) is 0 Å². The standard InChI is InChI=1S/C18H18FN/c1-20-17-6-7-18(20)11-15(10-17)13-3-2-12-4-5-16(19)9-14(12)8-13/h2-5,8-10,17-18H,6-7,11H2,1H3. The van der Waals surface area contributed by atoms with Gasteiger partial charge in [0, 0.05) is 12.1 Å². The normalized spacial score (nSPS) is 26.0. The molecule has 1 fully saturated rings. The molecule has 2 heteroatoms. The molecule has 4 rings (SSSR count). The van der Waals surface area contributed by atoms with Gasteiger partial charge in [-0.25, -0.2) is 4.39 Å². The van der Waals surface area contributed by atoms with E-state index in [2.05, 4.69) is 36.2 Å². The van der Waals surface area contributed by atoms with Crippen LogP contribution in [0.2, 0.25) is 0 Å². The van der Waals surface area contributed by atoms with E-state index < -0.39 is 0 Å². The fourth-order valence-corrected chi connectivity index (χ4v) is 3.67. The molecule has 0 aromatic heterocycles. The highest BCUT2D eigenvalue weighted by Crippen LogP contribution is 2.37. The Morgan fingerprint density at radius 1 is 1.05 bits per heavy atom. The Labute approximate surface area is 118 Å². The third-order valence-corrected chi connectivity index (χ3v) is 4.92. The van der Waals surface area contributed by atoms with Crippen LogP contribution < -0.4 is 0 Å². The Bertz CT molecular complexity index is 704. The maximum Gasteiger partial charge on any atom is 0.123 e. The van der Waals surface area contributed by atoms with Gasteiger partial charge in [0.15, 0.2) is 0 Å². The van der Waals surface area contributed by atoms with Crippen LogP contribution in [0.15, 0.2) is 42.5 Å². The molecule has 2 atom stereocenters. The first-order valence-electron chi connectivity index (χ1n) is 7.33. The van der Waals surface area contributed by atoms with E-state index in [-0.39, 0.29) is 5.82 Å². The van der Waals surface area contributed by atoms with Gasteiger partial charge in [-0.2, -0.15) is 0 Å². The van der Waals surface area contributed by atoms with Crippen molar-refractivity contribution in [3.05, 3.63) is 53.9 Å². The van der Waals surface area contributed by atoms with E-state index in [1.54, 1.807) is 6.07 Å². The van der Waals surface area contributed by atoms with Crippen molar-refractivity contribution in [2.75, 3.05) is 7.05 Å². The summed E-state index contributed by atoms with van der Waals surface area (Å²) >= 11 is 0. The average molecular weight is 267 g/mol. The van der Waals surface area contributed by atoms with E-state index in [1.165, 1.54) is 30.0 Å². The van der Waals surface area contributed by atoms with Crippen LogP contribution in [0, 0.1) is 5.82 Å². The first-order valence-corrected chi connectivity index (χ1v) is 7.33. The fraction of sp³-hybridized carbons (Fsp3) is 0.333. The molecule has 2 aliphatic heterocycles. The Morgan fingerprint density at radius 3 is 2.75 bits per heavy atom. The zero-order chi connectivity index (χ0) is 13.7. The van der Waals surface area contributed by atoms with Gasteiger partial charge < -0.3 is 0 Å². The molecule has 102 valence electrons. The van der Waals surface area contributed by atoms with Crippen LogP contribution in [0.5, 0.6) is 0 Å². The summed E-state index contributed by atoms with van der Waals surface area (Å²) in [5.41, 5.74) is 2.69. The maximum absolute atomic E-state index is 13.4. The van der Waals surface area contributed by atoms with E-state index in [0.717, 1.165) is 17.2 Å². The van der Waals surface area contributed by atoms with Crippen LogP contribution in [0.1, 0.15) is 24.8 Å². The summed E-state index contributed by atoms with van der Waals surface area (Å²) in [5, 5.41) is 2.10. The number of likely N-dealkylation sites (N-methyl/N-ethyl adjacent to an activating group) is 1. The predicted molar refractivity (Wildman–Crippen MR) is 81.1 cm³/mol. The van der Waals surface area contributed by atoms with Crippen molar-refractivity contribution in [2.45, 2.75) is 31.3 Å². The fourth-order valence-electron chi connectivity index (χ4n) is 3.67. The number of fused-ring (bicyclic) bond motifs is 3. The molecule has 0 aliphatic carbocycles. The molecule has 2 bridgehead atoms. The molecule has 0 spiro atoms. The van der Waals surface area contributed by atoms with Crippen molar-refractivity contribution < 1.29 is 4.39 Å². The van der Waals surface area contributed by atoms with Gasteiger partial charge in [0.2, 0.25) is 0 Å². The Balaban J connectivity index is 1.77. The van der Waals surface area contributed by atoms with Crippen molar-refractivity contribution >= 4 is 16.3 Å². The van der Waals surface area contributed by atoms with E-state index >= 15 is 0 Å².